The number of hydrogen-bond donors (Lipinski definition) is 0. The third kappa shape index (κ3) is 1.78. The van der Waals surface area contributed by atoms with Crippen molar-refractivity contribution in [1.82, 2.24) is 4.57 Å². The summed E-state index contributed by atoms with van der Waals surface area (Å²) < 4.78 is 2.33. The summed E-state index contributed by atoms with van der Waals surface area (Å²) in [4.78, 5) is 11.7. The summed E-state index contributed by atoms with van der Waals surface area (Å²) in [6.45, 7) is 4.15. The molecule has 0 aliphatic heterocycles. The molecule has 1 heterocycles. The van der Waals surface area contributed by atoms with Crippen LogP contribution < -0.4 is 0 Å². The lowest BCUT2D eigenvalue weighted by molar-refractivity contribution is 0.102. The van der Waals surface area contributed by atoms with E-state index >= 15 is 0 Å². The van der Waals surface area contributed by atoms with Crippen LogP contribution in [0.25, 0.3) is 0 Å². The first-order valence-electron chi connectivity index (χ1n) is 5.42. The van der Waals surface area contributed by atoms with E-state index in [-0.39, 0.29) is 5.78 Å². The summed E-state index contributed by atoms with van der Waals surface area (Å²) in [5.41, 5.74) is 3.25. The molecule has 0 aromatic carbocycles. The molecule has 2 rings (SSSR count). The first kappa shape index (κ1) is 10.9. The second-order valence-electron chi connectivity index (χ2n) is 4.30. The Morgan fingerprint density at radius 2 is 2.20 bits per heavy atom. The normalized spacial score (nSPS) is 16.5. The van der Waals surface area contributed by atoms with E-state index in [9.17, 15) is 4.79 Å². The van der Waals surface area contributed by atoms with Crippen molar-refractivity contribution in [3.05, 3.63) is 23.0 Å². The van der Waals surface area contributed by atoms with Gasteiger partial charge in [0.25, 0.3) is 0 Å². The predicted molar refractivity (Wildman–Crippen MR) is 64.9 cm³/mol. The average Bonchev–Trinajstić information content (AvgIpc) is 2.42. The molecule has 15 heavy (non-hydrogen) atoms. The van der Waals surface area contributed by atoms with Crippen molar-refractivity contribution in [1.29, 1.82) is 0 Å². The maximum atomic E-state index is 11.7. The summed E-state index contributed by atoms with van der Waals surface area (Å²) in [6, 6.07) is 2.67. The fourth-order valence-corrected chi connectivity index (χ4v) is 2.64. The molecule has 2 nitrogen and oxygen atoms in total. The molecular formula is C12H16BrNO. The number of rotatable bonds is 3. The Bertz CT molecular complexity index is 391. The van der Waals surface area contributed by atoms with Crippen LogP contribution in [0.5, 0.6) is 0 Å². The van der Waals surface area contributed by atoms with Crippen LogP contribution >= 0.6 is 15.9 Å². The maximum absolute atomic E-state index is 11.7. The SMILES string of the molecule is Cc1cc(C(=O)CBr)c(C)n1C1CCC1. The molecule has 0 atom stereocenters. The molecule has 0 amide bonds. The predicted octanol–water partition coefficient (Wildman–Crippen LogP) is 3.41. The van der Waals surface area contributed by atoms with Gasteiger partial charge in [-0.25, -0.2) is 0 Å². The molecule has 1 fully saturated rings. The smallest absolute Gasteiger partial charge is 0.175 e. The Labute approximate surface area is 98.8 Å². The lowest BCUT2D eigenvalue weighted by Gasteiger charge is -2.30. The lowest BCUT2D eigenvalue weighted by atomic mass is 9.92. The molecule has 1 aromatic rings. The molecule has 0 saturated heterocycles. The maximum Gasteiger partial charge on any atom is 0.175 e. The van der Waals surface area contributed by atoms with Gasteiger partial charge in [-0.05, 0) is 39.2 Å². The number of aromatic nitrogens is 1. The highest BCUT2D eigenvalue weighted by Gasteiger charge is 2.24. The number of ketones is 1. The lowest BCUT2D eigenvalue weighted by Crippen LogP contribution is -2.19. The van der Waals surface area contributed by atoms with Gasteiger partial charge >= 0.3 is 0 Å². The fraction of sp³-hybridized carbons (Fsp3) is 0.583. The number of aryl methyl sites for hydroxylation is 1. The van der Waals surface area contributed by atoms with Gasteiger partial charge in [0, 0.05) is 23.0 Å². The number of carbonyl (C=O) groups is 1. The van der Waals surface area contributed by atoms with Crippen molar-refractivity contribution >= 4 is 21.7 Å². The number of Topliss-reactive ketones (excluding diaryl/α,β-unsaturated/α-hetero) is 1. The van der Waals surface area contributed by atoms with Gasteiger partial charge < -0.3 is 4.57 Å². The highest BCUT2D eigenvalue weighted by Crippen LogP contribution is 2.35. The minimum atomic E-state index is 0.189. The van der Waals surface area contributed by atoms with Crippen LogP contribution in [0.3, 0.4) is 0 Å². The number of alkyl halides is 1. The van der Waals surface area contributed by atoms with Gasteiger partial charge in [0.2, 0.25) is 0 Å². The van der Waals surface area contributed by atoms with Crippen molar-refractivity contribution < 1.29 is 4.79 Å². The van der Waals surface area contributed by atoms with Gasteiger partial charge in [0.05, 0.1) is 5.33 Å². The van der Waals surface area contributed by atoms with Crippen LogP contribution in [0.1, 0.15) is 47.1 Å². The average molecular weight is 270 g/mol. The van der Waals surface area contributed by atoms with E-state index in [1.807, 2.05) is 6.07 Å². The Morgan fingerprint density at radius 1 is 1.53 bits per heavy atom. The first-order valence-corrected chi connectivity index (χ1v) is 6.55. The van der Waals surface area contributed by atoms with Crippen molar-refractivity contribution in [2.24, 2.45) is 0 Å². The Balaban J connectivity index is 2.38. The molecule has 1 aliphatic rings. The molecule has 3 heteroatoms. The summed E-state index contributed by atoms with van der Waals surface area (Å²) in [5, 5.41) is 0.419. The highest BCUT2D eigenvalue weighted by molar-refractivity contribution is 9.09. The molecular weight excluding hydrogens is 254 g/mol. The van der Waals surface area contributed by atoms with E-state index in [2.05, 4.69) is 34.3 Å². The van der Waals surface area contributed by atoms with Gasteiger partial charge in [0.15, 0.2) is 5.78 Å². The summed E-state index contributed by atoms with van der Waals surface area (Å²) >= 11 is 3.23. The van der Waals surface area contributed by atoms with E-state index in [0.29, 0.717) is 11.4 Å². The Morgan fingerprint density at radius 3 is 2.67 bits per heavy atom. The Kier molecular flexibility index (Phi) is 3.01. The minimum Gasteiger partial charge on any atom is -0.345 e. The standard InChI is InChI=1S/C12H16BrNO/c1-8-6-11(12(15)7-13)9(2)14(8)10-4-3-5-10/h6,10H,3-5,7H2,1-2H3. The monoisotopic (exact) mass is 269 g/mol. The van der Waals surface area contributed by atoms with E-state index in [1.54, 1.807) is 0 Å². The van der Waals surface area contributed by atoms with Crippen molar-refractivity contribution in [2.75, 3.05) is 5.33 Å². The number of nitrogens with zero attached hydrogens (tertiary/aromatic N) is 1. The van der Waals surface area contributed by atoms with Crippen molar-refractivity contribution in [3.63, 3.8) is 0 Å². The Hall–Kier alpha value is -0.570. The zero-order valence-electron chi connectivity index (χ0n) is 9.22. The van der Waals surface area contributed by atoms with Gasteiger partial charge in [-0.3, -0.25) is 4.79 Å². The zero-order chi connectivity index (χ0) is 11.0. The highest BCUT2D eigenvalue weighted by atomic mass is 79.9. The molecule has 0 bridgehead atoms. The van der Waals surface area contributed by atoms with Gasteiger partial charge in [-0.2, -0.15) is 0 Å². The number of hydrogen-bond acceptors (Lipinski definition) is 1. The van der Waals surface area contributed by atoms with Crippen LogP contribution in [0.2, 0.25) is 0 Å². The number of carbonyl (C=O) groups excluding carboxylic acids is 1. The molecule has 82 valence electrons. The first-order chi connectivity index (χ1) is 7.15. The third-order valence-corrected chi connectivity index (χ3v) is 3.86. The summed E-state index contributed by atoms with van der Waals surface area (Å²) in [7, 11) is 0. The van der Waals surface area contributed by atoms with E-state index in [0.717, 1.165) is 11.3 Å². The largest absolute Gasteiger partial charge is 0.345 e. The summed E-state index contributed by atoms with van der Waals surface area (Å²) in [5.74, 6) is 0.189. The van der Waals surface area contributed by atoms with Crippen LogP contribution in [0.15, 0.2) is 6.07 Å². The van der Waals surface area contributed by atoms with Crippen molar-refractivity contribution in [3.8, 4) is 0 Å². The van der Waals surface area contributed by atoms with Crippen LogP contribution in [-0.4, -0.2) is 15.7 Å². The molecule has 0 unspecified atom stereocenters. The molecule has 0 N–H and O–H groups in total. The minimum absolute atomic E-state index is 0.189. The quantitative estimate of drug-likeness (QED) is 0.609. The van der Waals surface area contributed by atoms with Gasteiger partial charge in [0.1, 0.15) is 0 Å². The molecule has 1 aromatic heterocycles. The molecule has 0 spiro atoms. The fourth-order valence-electron chi connectivity index (χ4n) is 2.34. The third-order valence-electron chi connectivity index (χ3n) is 3.35. The van der Waals surface area contributed by atoms with Crippen molar-refractivity contribution in [2.45, 2.75) is 39.2 Å². The second kappa shape index (κ2) is 4.12. The topological polar surface area (TPSA) is 22.0 Å². The summed E-state index contributed by atoms with van der Waals surface area (Å²) in [6.07, 6.45) is 3.85. The molecule has 1 aliphatic carbocycles. The van der Waals surface area contributed by atoms with Crippen LogP contribution in [-0.2, 0) is 0 Å². The van der Waals surface area contributed by atoms with Crippen LogP contribution in [0.4, 0.5) is 0 Å². The second-order valence-corrected chi connectivity index (χ2v) is 4.86. The van der Waals surface area contributed by atoms with Gasteiger partial charge in [-0.15, -0.1) is 0 Å². The van der Waals surface area contributed by atoms with E-state index < -0.39 is 0 Å². The number of halogens is 1. The molecule has 0 radical (unpaired) electrons. The van der Waals surface area contributed by atoms with Crippen LogP contribution in [0, 0.1) is 13.8 Å². The van der Waals surface area contributed by atoms with E-state index in [1.165, 1.54) is 25.0 Å². The zero-order valence-corrected chi connectivity index (χ0v) is 10.8. The van der Waals surface area contributed by atoms with E-state index in [4.69, 9.17) is 0 Å². The van der Waals surface area contributed by atoms with Gasteiger partial charge in [-0.1, -0.05) is 15.9 Å². The molecule has 1 saturated carbocycles.